The van der Waals surface area contributed by atoms with Crippen molar-refractivity contribution in [1.29, 1.82) is 0 Å². The number of benzene rings is 1. The SMILES string of the molecule is O=C1NCC(Nc2ccc(Br)cc2)C(=O)N1. The molecule has 1 aliphatic rings. The summed E-state index contributed by atoms with van der Waals surface area (Å²) in [4.78, 5) is 22.3. The lowest BCUT2D eigenvalue weighted by Gasteiger charge is -2.23. The van der Waals surface area contributed by atoms with Gasteiger partial charge in [0.05, 0.1) is 0 Å². The van der Waals surface area contributed by atoms with Crippen LogP contribution in [0.5, 0.6) is 0 Å². The molecule has 1 aliphatic heterocycles. The molecule has 0 bridgehead atoms. The molecule has 1 unspecified atom stereocenters. The molecule has 0 spiro atoms. The molecule has 0 saturated carbocycles. The molecule has 1 heterocycles. The largest absolute Gasteiger partial charge is 0.372 e. The van der Waals surface area contributed by atoms with Crippen LogP contribution in [0.3, 0.4) is 0 Å². The maximum atomic E-state index is 11.4. The molecule has 3 N–H and O–H groups in total. The molecule has 1 atom stereocenters. The second kappa shape index (κ2) is 4.52. The number of urea groups is 1. The van der Waals surface area contributed by atoms with E-state index in [2.05, 4.69) is 31.9 Å². The number of carbonyl (C=O) groups excluding carboxylic acids is 2. The predicted molar refractivity (Wildman–Crippen MR) is 63.1 cm³/mol. The first kappa shape index (κ1) is 10.9. The van der Waals surface area contributed by atoms with Gasteiger partial charge in [-0.05, 0) is 24.3 Å². The van der Waals surface area contributed by atoms with Crippen LogP contribution in [-0.2, 0) is 4.79 Å². The summed E-state index contributed by atoms with van der Waals surface area (Å²) < 4.78 is 0.972. The van der Waals surface area contributed by atoms with Crippen molar-refractivity contribution in [3.63, 3.8) is 0 Å². The van der Waals surface area contributed by atoms with Crippen LogP contribution >= 0.6 is 15.9 Å². The van der Waals surface area contributed by atoms with Crippen LogP contribution in [-0.4, -0.2) is 24.5 Å². The smallest absolute Gasteiger partial charge is 0.321 e. The lowest BCUT2D eigenvalue weighted by Crippen LogP contribution is -2.57. The van der Waals surface area contributed by atoms with Gasteiger partial charge in [0.1, 0.15) is 6.04 Å². The zero-order valence-corrected chi connectivity index (χ0v) is 9.87. The lowest BCUT2D eigenvalue weighted by atomic mass is 10.2. The first-order chi connectivity index (χ1) is 7.65. The molecule has 3 amide bonds. The average Bonchev–Trinajstić information content (AvgIpc) is 2.25. The predicted octanol–water partition coefficient (Wildman–Crippen LogP) is 1.07. The van der Waals surface area contributed by atoms with Gasteiger partial charge in [0.2, 0.25) is 0 Å². The minimum Gasteiger partial charge on any atom is -0.372 e. The van der Waals surface area contributed by atoms with E-state index in [1.807, 2.05) is 24.3 Å². The summed E-state index contributed by atoms with van der Waals surface area (Å²) in [6, 6.07) is 6.59. The summed E-state index contributed by atoms with van der Waals surface area (Å²) in [6.07, 6.45) is 0. The van der Waals surface area contributed by atoms with Gasteiger partial charge < -0.3 is 10.6 Å². The van der Waals surface area contributed by atoms with Crippen LogP contribution in [0.25, 0.3) is 0 Å². The highest BCUT2D eigenvalue weighted by molar-refractivity contribution is 9.10. The normalized spacial score (nSPS) is 19.9. The molecule has 0 aliphatic carbocycles. The maximum Gasteiger partial charge on any atom is 0.321 e. The van der Waals surface area contributed by atoms with Crippen molar-refractivity contribution in [2.75, 3.05) is 11.9 Å². The molecule has 5 nitrogen and oxygen atoms in total. The fourth-order valence-corrected chi connectivity index (χ4v) is 1.66. The van der Waals surface area contributed by atoms with E-state index in [1.165, 1.54) is 0 Å². The minimum atomic E-state index is -0.446. The van der Waals surface area contributed by atoms with Gasteiger partial charge in [-0.3, -0.25) is 10.1 Å². The van der Waals surface area contributed by atoms with Crippen LogP contribution in [0.4, 0.5) is 10.5 Å². The zero-order chi connectivity index (χ0) is 11.5. The fourth-order valence-electron chi connectivity index (χ4n) is 1.39. The van der Waals surface area contributed by atoms with E-state index >= 15 is 0 Å². The molecule has 1 aromatic carbocycles. The van der Waals surface area contributed by atoms with E-state index in [0.29, 0.717) is 6.54 Å². The molecule has 2 rings (SSSR count). The molecule has 6 heteroatoms. The van der Waals surface area contributed by atoms with Gasteiger partial charge in [-0.2, -0.15) is 0 Å². The number of hydrogen-bond acceptors (Lipinski definition) is 3. The van der Waals surface area contributed by atoms with Crippen molar-refractivity contribution in [2.45, 2.75) is 6.04 Å². The summed E-state index contributed by atoms with van der Waals surface area (Å²) in [5.74, 6) is -0.313. The highest BCUT2D eigenvalue weighted by Crippen LogP contribution is 2.15. The highest BCUT2D eigenvalue weighted by atomic mass is 79.9. The van der Waals surface area contributed by atoms with Crippen LogP contribution in [0.1, 0.15) is 0 Å². The van der Waals surface area contributed by atoms with Gasteiger partial charge in [-0.25, -0.2) is 4.79 Å². The van der Waals surface area contributed by atoms with Crippen molar-refractivity contribution in [3.8, 4) is 0 Å². The molecular weight excluding hydrogens is 274 g/mol. The number of nitrogens with one attached hydrogen (secondary N) is 3. The Hall–Kier alpha value is -1.56. The van der Waals surface area contributed by atoms with E-state index in [-0.39, 0.29) is 5.91 Å². The van der Waals surface area contributed by atoms with Gasteiger partial charge in [-0.15, -0.1) is 0 Å². The standard InChI is InChI=1S/C10H10BrN3O2/c11-6-1-3-7(4-2-6)13-8-5-12-10(16)14-9(8)15/h1-4,8,13H,5H2,(H2,12,14,15,16). The van der Waals surface area contributed by atoms with E-state index < -0.39 is 12.1 Å². The van der Waals surface area contributed by atoms with E-state index in [1.54, 1.807) is 0 Å². The third-order valence-electron chi connectivity index (χ3n) is 2.21. The van der Waals surface area contributed by atoms with Crippen LogP contribution in [0.15, 0.2) is 28.7 Å². The number of rotatable bonds is 2. The Bertz CT molecular complexity index is 419. The number of carbonyl (C=O) groups is 2. The summed E-state index contributed by atoms with van der Waals surface area (Å²) in [5.41, 5.74) is 0.833. The molecule has 84 valence electrons. The molecule has 1 aromatic rings. The lowest BCUT2D eigenvalue weighted by molar-refractivity contribution is -0.121. The first-order valence-electron chi connectivity index (χ1n) is 4.76. The van der Waals surface area contributed by atoms with Crippen LogP contribution in [0.2, 0.25) is 0 Å². The topological polar surface area (TPSA) is 70.2 Å². The maximum absolute atomic E-state index is 11.4. The van der Waals surface area contributed by atoms with Crippen molar-refractivity contribution in [3.05, 3.63) is 28.7 Å². The second-order valence-corrected chi connectivity index (χ2v) is 4.32. The Morgan fingerprint density at radius 2 is 1.94 bits per heavy atom. The van der Waals surface area contributed by atoms with Gasteiger partial charge in [0.15, 0.2) is 0 Å². The monoisotopic (exact) mass is 283 g/mol. The van der Waals surface area contributed by atoms with Crippen molar-refractivity contribution >= 4 is 33.6 Å². The quantitative estimate of drug-likeness (QED) is 0.760. The van der Waals surface area contributed by atoms with Gasteiger partial charge in [-0.1, -0.05) is 15.9 Å². The van der Waals surface area contributed by atoms with Crippen molar-refractivity contribution < 1.29 is 9.59 Å². The second-order valence-electron chi connectivity index (χ2n) is 3.40. The third-order valence-corrected chi connectivity index (χ3v) is 2.73. The Labute approximate surface area is 101 Å². The molecular formula is C10H10BrN3O2. The van der Waals surface area contributed by atoms with Gasteiger partial charge in [0.25, 0.3) is 5.91 Å². The third kappa shape index (κ3) is 2.52. The minimum absolute atomic E-state index is 0.292. The summed E-state index contributed by atoms with van der Waals surface area (Å²) in [5, 5.41) is 7.78. The summed E-state index contributed by atoms with van der Waals surface area (Å²) in [7, 11) is 0. The average molecular weight is 284 g/mol. The molecule has 1 fully saturated rings. The fraction of sp³-hybridized carbons (Fsp3) is 0.200. The number of amides is 3. The zero-order valence-electron chi connectivity index (χ0n) is 8.29. The molecule has 0 aromatic heterocycles. The molecule has 16 heavy (non-hydrogen) atoms. The summed E-state index contributed by atoms with van der Waals surface area (Å²) in [6.45, 7) is 0.292. The van der Waals surface area contributed by atoms with E-state index in [9.17, 15) is 9.59 Å². The molecule has 0 radical (unpaired) electrons. The molecule has 1 saturated heterocycles. The van der Waals surface area contributed by atoms with Crippen molar-refractivity contribution in [1.82, 2.24) is 10.6 Å². The van der Waals surface area contributed by atoms with Crippen LogP contribution in [0, 0.1) is 0 Å². The summed E-state index contributed by atoms with van der Waals surface area (Å²) >= 11 is 3.33. The number of hydrogen-bond donors (Lipinski definition) is 3. The van der Waals surface area contributed by atoms with Crippen LogP contribution < -0.4 is 16.0 Å². The Morgan fingerprint density at radius 1 is 1.25 bits per heavy atom. The highest BCUT2D eigenvalue weighted by Gasteiger charge is 2.25. The Balaban J connectivity index is 2.02. The van der Waals surface area contributed by atoms with Gasteiger partial charge >= 0.3 is 6.03 Å². The van der Waals surface area contributed by atoms with E-state index in [0.717, 1.165) is 10.2 Å². The Morgan fingerprint density at radius 3 is 2.56 bits per heavy atom. The van der Waals surface area contributed by atoms with Gasteiger partial charge in [0, 0.05) is 16.7 Å². The van der Waals surface area contributed by atoms with Crippen molar-refractivity contribution in [2.24, 2.45) is 0 Å². The first-order valence-corrected chi connectivity index (χ1v) is 5.55. The van der Waals surface area contributed by atoms with E-state index in [4.69, 9.17) is 0 Å². The number of imide groups is 1. The Kier molecular flexibility index (Phi) is 3.09. The number of anilines is 1. The number of halogens is 1.